The van der Waals surface area contributed by atoms with Crippen molar-refractivity contribution in [2.24, 2.45) is 0 Å². The van der Waals surface area contributed by atoms with Crippen LogP contribution >= 0.6 is 23.2 Å². The van der Waals surface area contributed by atoms with Crippen LogP contribution in [0.5, 0.6) is 5.75 Å². The van der Waals surface area contributed by atoms with E-state index in [0.29, 0.717) is 22.7 Å². The molecule has 0 spiro atoms. The van der Waals surface area contributed by atoms with Gasteiger partial charge in [-0.2, -0.15) is 0 Å². The van der Waals surface area contributed by atoms with Crippen molar-refractivity contribution >= 4 is 23.2 Å². The number of hydrogen-bond acceptors (Lipinski definition) is 3. The molecule has 21 heavy (non-hydrogen) atoms. The van der Waals surface area contributed by atoms with E-state index in [-0.39, 0.29) is 6.61 Å². The molecule has 2 rings (SSSR count). The van der Waals surface area contributed by atoms with E-state index < -0.39 is 0 Å². The van der Waals surface area contributed by atoms with Gasteiger partial charge in [-0.05, 0) is 44.2 Å². The van der Waals surface area contributed by atoms with E-state index in [9.17, 15) is 0 Å². The molecule has 3 nitrogen and oxygen atoms in total. The molecule has 0 atom stereocenters. The van der Waals surface area contributed by atoms with Crippen molar-refractivity contribution in [3.05, 3.63) is 27.7 Å². The Morgan fingerprint density at radius 1 is 1.14 bits per heavy atom. The number of nitrogens with one attached hydrogen (secondary N) is 1. The maximum absolute atomic E-state index is 8.74. The maximum Gasteiger partial charge on any atom is 0.142 e. The number of rotatable bonds is 10. The van der Waals surface area contributed by atoms with Gasteiger partial charge in [-0.3, -0.25) is 0 Å². The first-order valence-electron chi connectivity index (χ1n) is 7.65. The standard InChI is InChI=1S/C16H23Cl2NO2/c17-13-9-12(11-19-14-5-6-14)16(15(18)10-13)21-8-4-2-1-3-7-20/h9-10,14,19-20H,1-8,11H2. The largest absolute Gasteiger partial charge is 0.492 e. The van der Waals surface area contributed by atoms with E-state index in [4.69, 9.17) is 33.0 Å². The van der Waals surface area contributed by atoms with Crippen molar-refractivity contribution < 1.29 is 9.84 Å². The Bertz CT molecular complexity index is 450. The second kappa shape index (κ2) is 8.84. The minimum Gasteiger partial charge on any atom is -0.492 e. The van der Waals surface area contributed by atoms with Crippen molar-refractivity contribution in [3.63, 3.8) is 0 Å². The van der Waals surface area contributed by atoms with Gasteiger partial charge in [0.05, 0.1) is 11.6 Å². The van der Waals surface area contributed by atoms with Crippen molar-refractivity contribution in [3.8, 4) is 5.75 Å². The molecule has 0 unspecified atom stereocenters. The van der Waals surface area contributed by atoms with Crippen LogP contribution < -0.4 is 10.1 Å². The molecule has 1 saturated carbocycles. The molecule has 0 saturated heterocycles. The van der Waals surface area contributed by atoms with Gasteiger partial charge in [0.15, 0.2) is 0 Å². The van der Waals surface area contributed by atoms with E-state index in [2.05, 4.69) is 5.32 Å². The van der Waals surface area contributed by atoms with Gasteiger partial charge in [-0.1, -0.05) is 29.6 Å². The molecular formula is C16H23Cl2NO2. The minimum atomic E-state index is 0.265. The Kier molecular flexibility index (Phi) is 7.11. The zero-order valence-electron chi connectivity index (χ0n) is 12.2. The average molecular weight is 332 g/mol. The number of halogens is 2. The summed E-state index contributed by atoms with van der Waals surface area (Å²) in [7, 11) is 0. The molecule has 0 aromatic heterocycles. The first-order chi connectivity index (χ1) is 10.2. The molecular weight excluding hydrogens is 309 g/mol. The van der Waals surface area contributed by atoms with Crippen LogP contribution in [0.15, 0.2) is 12.1 Å². The van der Waals surface area contributed by atoms with Gasteiger partial charge < -0.3 is 15.2 Å². The summed E-state index contributed by atoms with van der Waals surface area (Å²) in [5, 5.41) is 13.4. The molecule has 1 aliphatic carbocycles. The fourth-order valence-electron chi connectivity index (χ4n) is 2.19. The first kappa shape index (κ1) is 16.9. The fourth-order valence-corrected chi connectivity index (χ4v) is 2.78. The lowest BCUT2D eigenvalue weighted by Gasteiger charge is -2.14. The number of benzene rings is 1. The van der Waals surface area contributed by atoms with Crippen LogP contribution in [-0.2, 0) is 6.54 Å². The lowest BCUT2D eigenvalue weighted by molar-refractivity contribution is 0.272. The zero-order valence-corrected chi connectivity index (χ0v) is 13.7. The molecule has 1 aromatic carbocycles. The van der Waals surface area contributed by atoms with Crippen LogP contribution in [0.4, 0.5) is 0 Å². The third-order valence-electron chi connectivity index (χ3n) is 3.54. The average Bonchev–Trinajstić information content (AvgIpc) is 3.26. The molecule has 0 bridgehead atoms. The molecule has 0 radical (unpaired) electrons. The summed E-state index contributed by atoms with van der Waals surface area (Å²) < 4.78 is 5.86. The van der Waals surface area contributed by atoms with Crippen LogP contribution in [0.25, 0.3) is 0 Å². The van der Waals surface area contributed by atoms with Gasteiger partial charge >= 0.3 is 0 Å². The molecule has 2 N–H and O–H groups in total. The predicted molar refractivity (Wildman–Crippen MR) is 87.4 cm³/mol. The van der Waals surface area contributed by atoms with Crippen molar-refractivity contribution in [2.45, 2.75) is 51.1 Å². The molecule has 1 fully saturated rings. The van der Waals surface area contributed by atoms with Gasteiger partial charge in [0.25, 0.3) is 0 Å². The summed E-state index contributed by atoms with van der Waals surface area (Å²) in [6, 6.07) is 4.28. The molecule has 1 aromatic rings. The normalized spacial score (nSPS) is 14.4. The Morgan fingerprint density at radius 2 is 1.90 bits per heavy atom. The summed E-state index contributed by atoms with van der Waals surface area (Å²) >= 11 is 12.3. The Balaban J connectivity index is 1.86. The van der Waals surface area contributed by atoms with Gasteiger partial charge in [0.1, 0.15) is 5.75 Å². The summed E-state index contributed by atoms with van der Waals surface area (Å²) in [4.78, 5) is 0. The lowest BCUT2D eigenvalue weighted by atomic mass is 10.2. The summed E-state index contributed by atoms with van der Waals surface area (Å²) in [5.41, 5.74) is 1.02. The van der Waals surface area contributed by atoms with Crippen molar-refractivity contribution in [2.75, 3.05) is 13.2 Å². The van der Waals surface area contributed by atoms with Crippen LogP contribution in [0.1, 0.15) is 44.1 Å². The van der Waals surface area contributed by atoms with Gasteiger partial charge in [0.2, 0.25) is 0 Å². The van der Waals surface area contributed by atoms with Crippen LogP contribution in [0, 0.1) is 0 Å². The van der Waals surface area contributed by atoms with Crippen molar-refractivity contribution in [1.82, 2.24) is 5.32 Å². The smallest absolute Gasteiger partial charge is 0.142 e. The molecule has 0 amide bonds. The number of hydrogen-bond donors (Lipinski definition) is 2. The second-order valence-corrected chi connectivity index (χ2v) is 6.36. The highest BCUT2D eigenvalue weighted by atomic mass is 35.5. The SMILES string of the molecule is OCCCCCCOc1c(Cl)cc(Cl)cc1CNC1CC1. The zero-order chi connectivity index (χ0) is 15.1. The third-order valence-corrected chi connectivity index (χ3v) is 4.04. The molecule has 5 heteroatoms. The number of aliphatic hydroxyl groups is 1. The fraction of sp³-hybridized carbons (Fsp3) is 0.625. The predicted octanol–water partition coefficient (Wildman–Crippen LogP) is 4.18. The van der Waals surface area contributed by atoms with Gasteiger partial charge in [-0.15, -0.1) is 0 Å². The maximum atomic E-state index is 8.74. The topological polar surface area (TPSA) is 41.5 Å². The van der Waals surface area contributed by atoms with Crippen molar-refractivity contribution in [1.29, 1.82) is 0 Å². The Labute approximate surface area is 136 Å². The molecule has 0 heterocycles. The van der Waals surface area contributed by atoms with E-state index in [1.165, 1.54) is 12.8 Å². The monoisotopic (exact) mass is 331 g/mol. The van der Waals surface area contributed by atoms with Crippen LogP contribution in [0.2, 0.25) is 10.0 Å². The van der Waals surface area contributed by atoms with Gasteiger partial charge in [-0.25, -0.2) is 0 Å². The number of unbranched alkanes of at least 4 members (excludes halogenated alkanes) is 3. The van der Waals surface area contributed by atoms with Crippen LogP contribution in [-0.4, -0.2) is 24.4 Å². The number of ether oxygens (including phenoxy) is 1. The quantitative estimate of drug-likeness (QED) is 0.632. The highest BCUT2D eigenvalue weighted by molar-refractivity contribution is 6.35. The Hall–Kier alpha value is -0.480. The molecule has 1 aliphatic rings. The van der Waals surface area contributed by atoms with Gasteiger partial charge in [0, 0.05) is 29.8 Å². The summed E-state index contributed by atoms with van der Waals surface area (Å²) in [5.74, 6) is 0.747. The highest BCUT2D eigenvalue weighted by Crippen LogP contribution is 2.33. The van der Waals surface area contributed by atoms with E-state index in [0.717, 1.165) is 43.5 Å². The third kappa shape index (κ3) is 6.03. The summed E-state index contributed by atoms with van der Waals surface area (Å²) in [6.45, 7) is 1.65. The van der Waals surface area contributed by atoms with E-state index >= 15 is 0 Å². The van der Waals surface area contributed by atoms with E-state index in [1.54, 1.807) is 6.07 Å². The Morgan fingerprint density at radius 3 is 2.62 bits per heavy atom. The minimum absolute atomic E-state index is 0.265. The number of aliphatic hydroxyl groups excluding tert-OH is 1. The first-order valence-corrected chi connectivity index (χ1v) is 8.41. The van der Waals surface area contributed by atoms with Crippen LogP contribution in [0.3, 0.4) is 0 Å². The second-order valence-electron chi connectivity index (χ2n) is 5.52. The molecule has 0 aliphatic heterocycles. The highest BCUT2D eigenvalue weighted by Gasteiger charge is 2.21. The summed E-state index contributed by atoms with van der Waals surface area (Å²) in [6.07, 6.45) is 6.41. The molecule has 118 valence electrons. The lowest BCUT2D eigenvalue weighted by Crippen LogP contribution is -2.16. The van der Waals surface area contributed by atoms with E-state index in [1.807, 2.05) is 6.07 Å².